The molecular formula is C20H13BrN2S. The van der Waals surface area contributed by atoms with Gasteiger partial charge >= 0.3 is 0 Å². The van der Waals surface area contributed by atoms with Crippen molar-refractivity contribution in [2.75, 3.05) is 0 Å². The van der Waals surface area contributed by atoms with Gasteiger partial charge in [-0.15, -0.1) is 11.3 Å². The zero-order chi connectivity index (χ0) is 16.4. The number of nitrogens with zero attached hydrogens (tertiary/aromatic N) is 2. The topological polar surface area (TPSA) is 25.8 Å². The predicted octanol–water partition coefficient (Wildman–Crippen LogP) is 6.30. The Hall–Kier alpha value is -2.30. The van der Waals surface area contributed by atoms with Crippen molar-refractivity contribution in [1.29, 1.82) is 0 Å². The molecule has 0 spiro atoms. The van der Waals surface area contributed by atoms with E-state index in [1.807, 2.05) is 12.1 Å². The molecule has 116 valence electrons. The Morgan fingerprint density at radius 1 is 0.667 bits per heavy atom. The Morgan fingerprint density at radius 2 is 1.25 bits per heavy atom. The summed E-state index contributed by atoms with van der Waals surface area (Å²) in [5.74, 6) is 0. The summed E-state index contributed by atoms with van der Waals surface area (Å²) < 4.78 is 1.09. The average molecular weight is 393 g/mol. The summed E-state index contributed by atoms with van der Waals surface area (Å²) in [7, 11) is 0. The molecule has 0 amide bonds. The molecule has 2 aromatic carbocycles. The summed E-state index contributed by atoms with van der Waals surface area (Å²) in [6, 6.07) is 20.9. The van der Waals surface area contributed by atoms with Gasteiger partial charge in [0.05, 0.1) is 5.69 Å². The molecule has 4 rings (SSSR count). The first-order valence-electron chi connectivity index (χ1n) is 7.52. The van der Waals surface area contributed by atoms with Crippen molar-refractivity contribution in [3.8, 4) is 33.0 Å². The number of benzene rings is 2. The fraction of sp³-hybridized carbons (Fsp3) is 0. The van der Waals surface area contributed by atoms with E-state index < -0.39 is 0 Å². The van der Waals surface area contributed by atoms with Crippen LogP contribution in [0.4, 0.5) is 0 Å². The van der Waals surface area contributed by atoms with Gasteiger partial charge in [0.1, 0.15) is 5.01 Å². The van der Waals surface area contributed by atoms with Crippen LogP contribution in [-0.4, -0.2) is 9.97 Å². The Bertz CT molecular complexity index is 945. The van der Waals surface area contributed by atoms with Crippen molar-refractivity contribution in [1.82, 2.24) is 9.97 Å². The van der Waals surface area contributed by atoms with Crippen LogP contribution in [0.3, 0.4) is 0 Å². The van der Waals surface area contributed by atoms with Gasteiger partial charge in [0.15, 0.2) is 0 Å². The van der Waals surface area contributed by atoms with Crippen LogP contribution in [0.5, 0.6) is 0 Å². The van der Waals surface area contributed by atoms with Gasteiger partial charge in [0.25, 0.3) is 0 Å². The van der Waals surface area contributed by atoms with Gasteiger partial charge in [-0.1, -0.05) is 52.3 Å². The van der Waals surface area contributed by atoms with Crippen molar-refractivity contribution >= 4 is 27.3 Å². The number of hydrogen-bond donors (Lipinski definition) is 0. The molecule has 0 unspecified atom stereocenters. The molecule has 0 fully saturated rings. The van der Waals surface area contributed by atoms with Crippen molar-refractivity contribution in [3.63, 3.8) is 0 Å². The number of hydrogen-bond acceptors (Lipinski definition) is 3. The molecule has 0 atom stereocenters. The van der Waals surface area contributed by atoms with E-state index in [-0.39, 0.29) is 0 Å². The number of pyridine rings is 1. The van der Waals surface area contributed by atoms with Gasteiger partial charge in [0.2, 0.25) is 0 Å². The number of thiazole rings is 1. The van der Waals surface area contributed by atoms with E-state index in [1.165, 1.54) is 11.1 Å². The van der Waals surface area contributed by atoms with Gasteiger partial charge in [-0.2, -0.15) is 0 Å². The van der Waals surface area contributed by atoms with E-state index in [4.69, 9.17) is 4.98 Å². The highest BCUT2D eigenvalue weighted by Crippen LogP contribution is 2.30. The zero-order valence-electron chi connectivity index (χ0n) is 12.7. The van der Waals surface area contributed by atoms with Gasteiger partial charge < -0.3 is 0 Å². The Balaban J connectivity index is 1.61. The number of rotatable bonds is 3. The lowest BCUT2D eigenvalue weighted by atomic mass is 10.0. The van der Waals surface area contributed by atoms with Crippen molar-refractivity contribution in [2.24, 2.45) is 0 Å². The fourth-order valence-corrected chi connectivity index (χ4v) is 3.61. The lowest BCUT2D eigenvalue weighted by Gasteiger charge is -2.03. The largest absolute Gasteiger partial charge is 0.265 e. The highest BCUT2D eigenvalue weighted by molar-refractivity contribution is 9.10. The second-order valence-corrected chi connectivity index (χ2v) is 7.13. The molecule has 0 radical (unpaired) electrons. The van der Waals surface area contributed by atoms with Crippen LogP contribution in [0, 0.1) is 0 Å². The molecule has 2 nitrogen and oxygen atoms in total. The van der Waals surface area contributed by atoms with Crippen molar-refractivity contribution in [3.05, 3.63) is 82.9 Å². The van der Waals surface area contributed by atoms with E-state index >= 15 is 0 Å². The van der Waals surface area contributed by atoms with Crippen LogP contribution < -0.4 is 0 Å². The predicted molar refractivity (Wildman–Crippen MR) is 104 cm³/mol. The van der Waals surface area contributed by atoms with Crippen LogP contribution >= 0.6 is 27.3 Å². The maximum Gasteiger partial charge on any atom is 0.124 e. The summed E-state index contributed by atoms with van der Waals surface area (Å²) in [5.41, 5.74) is 5.66. The molecule has 4 heteroatoms. The van der Waals surface area contributed by atoms with E-state index in [9.17, 15) is 0 Å². The Kier molecular flexibility index (Phi) is 4.24. The molecule has 4 aromatic rings. The molecule has 0 aliphatic heterocycles. The second-order valence-electron chi connectivity index (χ2n) is 5.36. The van der Waals surface area contributed by atoms with E-state index in [0.29, 0.717) is 0 Å². The standard InChI is InChI=1S/C20H13BrN2S/c21-18-7-5-15(6-8-18)14-1-3-16(4-2-14)19-13-24-20(23-19)17-9-11-22-12-10-17/h1-13H. The zero-order valence-corrected chi connectivity index (χ0v) is 15.1. The van der Waals surface area contributed by atoms with Gasteiger partial charge in [-0.3, -0.25) is 4.98 Å². The normalized spacial score (nSPS) is 10.7. The molecule has 2 heterocycles. The lowest BCUT2D eigenvalue weighted by molar-refractivity contribution is 1.32. The molecule has 0 bridgehead atoms. The molecule has 0 N–H and O–H groups in total. The molecule has 0 saturated carbocycles. The maximum atomic E-state index is 4.75. The average Bonchev–Trinajstić information content (AvgIpc) is 3.13. The van der Waals surface area contributed by atoms with Crippen molar-refractivity contribution < 1.29 is 0 Å². The Labute approximate surface area is 153 Å². The van der Waals surface area contributed by atoms with Crippen LogP contribution in [0.2, 0.25) is 0 Å². The molecule has 0 aliphatic carbocycles. The lowest BCUT2D eigenvalue weighted by Crippen LogP contribution is -1.82. The summed E-state index contributed by atoms with van der Waals surface area (Å²) >= 11 is 5.13. The van der Waals surface area contributed by atoms with Crippen LogP contribution in [0.1, 0.15) is 0 Å². The minimum Gasteiger partial charge on any atom is -0.265 e. The maximum absolute atomic E-state index is 4.75. The summed E-state index contributed by atoms with van der Waals surface area (Å²) in [4.78, 5) is 8.80. The second kappa shape index (κ2) is 6.67. The summed E-state index contributed by atoms with van der Waals surface area (Å²) in [5, 5.41) is 3.12. The minimum absolute atomic E-state index is 1.01. The fourth-order valence-electron chi connectivity index (χ4n) is 2.51. The van der Waals surface area contributed by atoms with Gasteiger partial charge in [0, 0.05) is 33.4 Å². The van der Waals surface area contributed by atoms with Crippen LogP contribution in [0.25, 0.3) is 33.0 Å². The third-order valence-corrected chi connectivity index (χ3v) is 5.21. The van der Waals surface area contributed by atoms with E-state index in [1.54, 1.807) is 23.7 Å². The van der Waals surface area contributed by atoms with Crippen molar-refractivity contribution in [2.45, 2.75) is 0 Å². The third kappa shape index (κ3) is 3.16. The highest BCUT2D eigenvalue weighted by atomic mass is 79.9. The SMILES string of the molecule is Brc1ccc(-c2ccc(-c3csc(-c4ccncc4)n3)cc2)cc1. The molecule has 0 saturated heterocycles. The molecule has 2 aromatic heterocycles. The quantitative estimate of drug-likeness (QED) is 0.408. The molecule has 0 aliphatic rings. The number of aromatic nitrogens is 2. The first kappa shape index (κ1) is 15.2. The third-order valence-electron chi connectivity index (χ3n) is 3.79. The first-order valence-corrected chi connectivity index (χ1v) is 9.19. The smallest absolute Gasteiger partial charge is 0.124 e. The van der Waals surface area contributed by atoms with Gasteiger partial charge in [-0.25, -0.2) is 4.98 Å². The monoisotopic (exact) mass is 392 g/mol. The van der Waals surface area contributed by atoms with E-state index in [0.717, 1.165) is 26.3 Å². The molecule has 24 heavy (non-hydrogen) atoms. The minimum atomic E-state index is 1.01. The Morgan fingerprint density at radius 3 is 1.92 bits per heavy atom. The highest BCUT2D eigenvalue weighted by Gasteiger charge is 2.07. The summed E-state index contributed by atoms with van der Waals surface area (Å²) in [6.45, 7) is 0. The first-order chi connectivity index (χ1) is 11.8. The van der Waals surface area contributed by atoms with E-state index in [2.05, 4.69) is 74.8 Å². The number of halogens is 1. The van der Waals surface area contributed by atoms with Crippen LogP contribution in [0.15, 0.2) is 82.9 Å². The van der Waals surface area contributed by atoms with Gasteiger partial charge in [-0.05, 0) is 35.4 Å². The summed E-state index contributed by atoms with van der Waals surface area (Å²) in [6.07, 6.45) is 3.59. The molecular weight excluding hydrogens is 380 g/mol. The van der Waals surface area contributed by atoms with Crippen LogP contribution in [-0.2, 0) is 0 Å².